The van der Waals surface area contributed by atoms with Crippen molar-refractivity contribution in [2.75, 3.05) is 0 Å². The van der Waals surface area contributed by atoms with E-state index in [2.05, 4.69) is 15.0 Å². The van der Waals surface area contributed by atoms with Gasteiger partial charge >= 0.3 is 0 Å². The average molecular weight is 393 g/mol. The third-order valence-corrected chi connectivity index (χ3v) is 5.50. The predicted molar refractivity (Wildman–Crippen MR) is 105 cm³/mol. The Labute approximate surface area is 162 Å². The molecule has 7 heteroatoms. The Bertz CT molecular complexity index is 1280. The van der Waals surface area contributed by atoms with Gasteiger partial charge in [0.2, 0.25) is 0 Å². The van der Waals surface area contributed by atoms with Crippen LogP contribution in [0.1, 0.15) is 4.88 Å². The standard InChI is InChI=1S/C21H13F2N3OS/c1-11-19(26-21(28-11)20-24-7-8-27-20)12-5-6-16-13(9-12)10-17(25-16)18-14(22)3-2-4-15(18)23/h2-10,25H,1H3. The largest absolute Gasteiger partial charge is 0.443 e. The first-order chi connectivity index (χ1) is 13.6. The van der Waals surface area contributed by atoms with E-state index in [0.717, 1.165) is 27.0 Å². The first kappa shape index (κ1) is 16.8. The van der Waals surface area contributed by atoms with E-state index in [4.69, 9.17) is 4.42 Å². The molecule has 4 nitrogen and oxygen atoms in total. The van der Waals surface area contributed by atoms with Crippen LogP contribution in [-0.2, 0) is 0 Å². The second-order valence-electron chi connectivity index (χ2n) is 6.34. The number of aromatic amines is 1. The predicted octanol–water partition coefficient (Wildman–Crippen LogP) is 6.20. The van der Waals surface area contributed by atoms with Gasteiger partial charge in [-0.25, -0.2) is 18.7 Å². The first-order valence-electron chi connectivity index (χ1n) is 8.55. The number of rotatable bonds is 3. The minimum Gasteiger partial charge on any atom is -0.443 e. The fraction of sp³-hybridized carbons (Fsp3) is 0.0476. The Kier molecular flexibility index (Phi) is 3.84. The minimum absolute atomic E-state index is 0.0590. The van der Waals surface area contributed by atoms with Crippen molar-refractivity contribution in [1.29, 1.82) is 0 Å². The smallest absolute Gasteiger partial charge is 0.255 e. The zero-order chi connectivity index (χ0) is 19.3. The van der Waals surface area contributed by atoms with Gasteiger partial charge < -0.3 is 9.40 Å². The van der Waals surface area contributed by atoms with Crippen LogP contribution in [0.15, 0.2) is 59.3 Å². The second-order valence-corrected chi connectivity index (χ2v) is 7.55. The lowest BCUT2D eigenvalue weighted by atomic mass is 10.1. The molecule has 3 heterocycles. The van der Waals surface area contributed by atoms with E-state index in [1.807, 2.05) is 25.1 Å². The number of hydrogen-bond donors (Lipinski definition) is 1. The Morgan fingerprint density at radius 3 is 2.64 bits per heavy atom. The van der Waals surface area contributed by atoms with Crippen molar-refractivity contribution in [1.82, 2.24) is 15.0 Å². The number of nitrogens with zero attached hydrogens (tertiary/aromatic N) is 2. The molecule has 0 aliphatic carbocycles. The summed E-state index contributed by atoms with van der Waals surface area (Å²) in [6.07, 6.45) is 3.10. The third kappa shape index (κ3) is 2.71. The van der Waals surface area contributed by atoms with Gasteiger partial charge in [0.1, 0.15) is 17.9 Å². The first-order valence-corrected chi connectivity index (χ1v) is 9.36. The highest BCUT2D eigenvalue weighted by atomic mass is 32.1. The molecule has 0 radical (unpaired) electrons. The fourth-order valence-electron chi connectivity index (χ4n) is 3.25. The molecule has 0 fully saturated rings. The molecular weight excluding hydrogens is 380 g/mol. The normalized spacial score (nSPS) is 11.4. The van der Waals surface area contributed by atoms with Crippen molar-refractivity contribution in [2.45, 2.75) is 6.92 Å². The molecule has 2 aromatic carbocycles. The average Bonchev–Trinajstić information content (AvgIpc) is 3.40. The van der Waals surface area contributed by atoms with Crippen LogP contribution >= 0.6 is 11.3 Å². The van der Waals surface area contributed by atoms with Crippen LogP contribution in [0.25, 0.3) is 44.3 Å². The maximum Gasteiger partial charge on any atom is 0.255 e. The Morgan fingerprint density at radius 2 is 1.89 bits per heavy atom. The molecule has 5 aromatic rings. The van der Waals surface area contributed by atoms with Crippen molar-refractivity contribution in [3.8, 4) is 33.4 Å². The van der Waals surface area contributed by atoms with Crippen LogP contribution in [0, 0.1) is 18.6 Å². The molecule has 28 heavy (non-hydrogen) atoms. The lowest BCUT2D eigenvalue weighted by molar-refractivity contribution is 0.574. The van der Waals surface area contributed by atoms with Gasteiger partial charge in [0.25, 0.3) is 5.89 Å². The third-order valence-electron chi connectivity index (χ3n) is 4.54. The zero-order valence-corrected chi connectivity index (χ0v) is 15.5. The summed E-state index contributed by atoms with van der Waals surface area (Å²) in [5.41, 5.74) is 2.88. The summed E-state index contributed by atoms with van der Waals surface area (Å²) >= 11 is 1.50. The molecule has 0 saturated heterocycles. The van der Waals surface area contributed by atoms with Crippen LogP contribution in [-0.4, -0.2) is 15.0 Å². The van der Waals surface area contributed by atoms with Crippen LogP contribution in [0.5, 0.6) is 0 Å². The number of fused-ring (bicyclic) bond motifs is 1. The molecule has 0 saturated carbocycles. The van der Waals surface area contributed by atoms with Gasteiger partial charge in [-0.05, 0) is 37.3 Å². The number of oxazole rings is 1. The molecule has 0 unspecified atom stereocenters. The van der Waals surface area contributed by atoms with Gasteiger partial charge in [-0.15, -0.1) is 11.3 Å². The fourth-order valence-corrected chi connectivity index (χ4v) is 4.13. The number of aromatic nitrogens is 3. The summed E-state index contributed by atoms with van der Waals surface area (Å²) in [4.78, 5) is 12.9. The molecule has 0 bridgehead atoms. The van der Waals surface area contributed by atoms with E-state index in [1.54, 1.807) is 12.3 Å². The van der Waals surface area contributed by atoms with Gasteiger partial charge in [0.05, 0.1) is 23.1 Å². The van der Waals surface area contributed by atoms with Crippen molar-refractivity contribution in [3.63, 3.8) is 0 Å². The lowest BCUT2D eigenvalue weighted by Crippen LogP contribution is -1.89. The van der Waals surface area contributed by atoms with E-state index in [9.17, 15) is 8.78 Å². The highest BCUT2D eigenvalue weighted by molar-refractivity contribution is 7.15. The maximum absolute atomic E-state index is 14.1. The molecule has 0 spiro atoms. The second kappa shape index (κ2) is 6.38. The molecule has 0 amide bonds. The highest BCUT2D eigenvalue weighted by Gasteiger charge is 2.16. The zero-order valence-electron chi connectivity index (χ0n) is 14.7. The summed E-state index contributed by atoms with van der Waals surface area (Å²) in [5, 5.41) is 1.56. The van der Waals surface area contributed by atoms with E-state index in [1.165, 1.54) is 35.8 Å². The molecule has 0 atom stereocenters. The summed E-state index contributed by atoms with van der Waals surface area (Å²) in [6, 6.07) is 11.4. The van der Waals surface area contributed by atoms with Gasteiger partial charge in [-0.3, -0.25) is 0 Å². The van der Waals surface area contributed by atoms with Crippen molar-refractivity contribution >= 4 is 22.2 Å². The number of H-pyrrole nitrogens is 1. The van der Waals surface area contributed by atoms with Crippen molar-refractivity contribution in [3.05, 3.63) is 71.4 Å². The topological polar surface area (TPSA) is 54.7 Å². The van der Waals surface area contributed by atoms with Crippen molar-refractivity contribution in [2.24, 2.45) is 0 Å². The van der Waals surface area contributed by atoms with Gasteiger partial charge in [0.15, 0.2) is 5.01 Å². The quantitative estimate of drug-likeness (QED) is 0.397. The highest BCUT2D eigenvalue weighted by Crippen LogP contribution is 2.35. The molecule has 3 aromatic heterocycles. The number of hydrogen-bond acceptors (Lipinski definition) is 4. The summed E-state index contributed by atoms with van der Waals surface area (Å²) in [5.74, 6) is -0.713. The van der Waals surface area contributed by atoms with Gasteiger partial charge in [-0.1, -0.05) is 12.1 Å². The number of nitrogens with one attached hydrogen (secondary N) is 1. The molecule has 138 valence electrons. The van der Waals surface area contributed by atoms with E-state index < -0.39 is 11.6 Å². The molecule has 0 aliphatic rings. The van der Waals surface area contributed by atoms with Crippen molar-refractivity contribution < 1.29 is 13.2 Å². The Hall–Kier alpha value is -3.32. The summed E-state index contributed by atoms with van der Waals surface area (Å²) < 4.78 is 33.6. The number of thiazole rings is 1. The van der Waals surface area contributed by atoms with Gasteiger partial charge in [-0.2, -0.15) is 0 Å². The van der Waals surface area contributed by atoms with Crippen LogP contribution in [0.3, 0.4) is 0 Å². The molecule has 5 rings (SSSR count). The Morgan fingerprint density at radius 1 is 1.07 bits per heavy atom. The molecular formula is C21H13F2N3OS. The molecule has 0 aliphatic heterocycles. The number of benzene rings is 2. The minimum atomic E-state index is -0.599. The van der Waals surface area contributed by atoms with Crippen LogP contribution in [0.4, 0.5) is 8.78 Å². The monoisotopic (exact) mass is 393 g/mol. The van der Waals surface area contributed by atoms with E-state index >= 15 is 0 Å². The van der Waals surface area contributed by atoms with E-state index in [-0.39, 0.29) is 5.56 Å². The van der Waals surface area contributed by atoms with Crippen LogP contribution in [0.2, 0.25) is 0 Å². The number of aryl methyl sites for hydroxylation is 1. The SMILES string of the molecule is Cc1sc(-c2ncco2)nc1-c1ccc2[nH]c(-c3c(F)cccc3F)cc2c1. The summed E-state index contributed by atoms with van der Waals surface area (Å²) in [7, 11) is 0. The number of halogens is 2. The Balaban J connectivity index is 1.60. The lowest BCUT2D eigenvalue weighted by Gasteiger charge is -2.01. The molecule has 1 N–H and O–H groups in total. The summed E-state index contributed by atoms with van der Waals surface area (Å²) in [6.45, 7) is 1.99. The van der Waals surface area contributed by atoms with Crippen LogP contribution < -0.4 is 0 Å². The maximum atomic E-state index is 14.1. The van der Waals surface area contributed by atoms with E-state index in [0.29, 0.717) is 16.6 Å². The van der Waals surface area contributed by atoms with Gasteiger partial charge in [0, 0.05) is 21.3 Å².